The van der Waals surface area contributed by atoms with Crippen LogP contribution < -0.4 is 20.1 Å². The molecule has 2 N–H and O–H groups in total. The first-order chi connectivity index (χ1) is 13.6. The summed E-state index contributed by atoms with van der Waals surface area (Å²) < 4.78 is 37.5. The number of guanidine groups is 1. The van der Waals surface area contributed by atoms with Gasteiger partial charge in [-0.3, -0.25) is 4.99 Å². The highest BCUT2D eigenvalue weighted by Gasteiger charge is 2.06. The molecule has 152 valence electrons. The normalized spacial score (nSPS) is 11.2. The lowest BCUT2D eigenvalue weighted by Gasteiger charge is -2.13. The van der Waals surface area contributed by atoms with Crippen molar-refractivity contribution in [3.8, 4) is 11.5 Å². The van der Waals surface area contributed by atoms with Gasteiger partial charge in [0.15, 0.2) is 17.5 Å². The first kappa shape index (κ1) is 21.5. The number of nitrogens with zero attached hydrogens (tertiary/aromatic N) is 1. The van der Waals surface area contributed by atoms with Gasteiger partial charge in [0, 0.05) is 19.6 Å². The number of aliphatic imine (C=N–C) groups is 1. The number of ether oxygens (including phenoxy) is 2. The fourth-order valence-corrected chi connectivity index (χ4v) is 2.73. The van der Waals surface area contributed by atoms with Gasteiger partial charge in [-0.1, -0.05) is 6.07 Å². The molecule has 0 unspecified atom stereocenters. The van der Waals surface area contributed by atoms with Crippen LogP contribution in [0.15, 0.2) is 41.4 Å². The van der Waals surface area contributed by atoms with E-state index >= 15 is 0 Å². The molecule has 0 spiro atoms. The first-order valence-electron chi connectivity index (χ1n) is 9.24. The highest BCUT2D eigenvalue weighted by Crippen LogP contribution is 2.27. The lowest BCUT2D eigenvalue weighted by Crippen LogP contribution is -2.38. The summed E-state index contributed by atoms with van der Waals surface area (Å²) in [7, 11) is 3.21. The van der Waals surface area contributed by atoms with Gasteiger partial charge >= 0.3 is 0 Å². The van der Waals surface area contributed by atoms with Crippen molar-refractivity contribution in [1.29, 1.82) is 0 Å². The second-order valence-electron chi connectivity index (χ2n) is 6.11. The second kappa shape index (κ2) is 11.1. The minimum Gasteiger partial charge on any atom is -0.493 e. The monoisotopic (exact) mass is 391 g/mol. The van der Waals surface area contributed by atoms with E-state index in [9.17, 15) is 8.78 Å². The minimum absolute atomic E-state index is 0.324. The molecular weight excluding hydrogens is 364 g/mol. The predicted molar refractivity (Wildman–Crippen MR) is 107 cm³/mol. The minimum atomic E-state index is -0.444. The number of rotatable bonds is 9. The molecule has 0 heterocycles. The van der Waals surface area contributed by atoms with Gasteiger partial charge in [0.25, 0.3) is 0 Å². The number of nitrogens with one attached hydrogen (secondary N) is 2. The Morgan fingerprint density at radius 1 is 0.964 bits per heavy atom. The summed E-state index contributed by atoms with van der Waals surface area (Å²) in [6.45, 7) is 3.69. The number of halogens is 2. The van der Waals surface area contributed by atoms with E-state index in [2.05, 4.69) is 15.6 Å². The SMILES string of the molecule is CCNC(=NCCc1cc(F)ccc1F)NCCc1ccc(OC)c(OC)c1. The van der Waals surface area contributed by atoms with Gasteiger partial charge in [-0.2, -0.15) is 0 Å². The summed E-state index contributed by atoms with van der Waals surface area (Å²) in [6, 6.07) is 9.27. The van der Waals surface area contributed by atoms with E-state index in [-0.39, 0.29) is 0 Å². The zero-order valence-electron chi connectivity index (χ0n) is 16.5. The average molecular weight is 391 g/mol. The Hall–Kier alpha value is -2.83. The third-order valence-electron chi connectivity index (χ3n) is 4.16. The summed E-state index contributed by atoms with van der Waals surface area (Å²) in [5.74, 6) is 1.17. The summed E-state index contributed by atoms with van der Waals surface area (Å²) in [5.41, 5.74) is 1.42. The number of methoxy groups -OCH3 is 2. The second-order valence-corrected chi connectivity index (χ2v) is 6.11. The molecular formula is C21H27F2N3O2. The molecule has 0 aromatic heterocycles. The molecule has 7 heteroatoms. The van der Waals surface area contributed by atoms with Crippen molar-refractivity contribution in [2.75, 3.05) is 33.9 Å². The van der Waals surface area contributed by atoms with E-state index in [1.807, 2.05) is 25.1 Å². The summed E-state index contributed by atoms with van der Waals surface area (Å²) in [6.07, 6.45) is 1.10. The molecule has 0 bridgehead atoms. The summed E-state index contributed by atoms with van der Waals surface area (Å²) in [5, 5.41) is 6.39. The molecule has 0 aliphatic heterocycles. The van der Waals surface area contributed by atoms with Crippen LogP contribution in [0.4, 0.5) is 8.78 Å². The van der Waals surface area contributed by atoms with E-state index in [1.54, 1.807) is 14.2 Å². The molecule has 0 saturated heterocycles. The largest absolute Gasteiger partial charge is 0.493 e. The molecule has 0 amide bonds. The highest BCUT2D eigenvalue weighted by atomic mass is 19.1. The van der Waals surface area contributed by atoms with Crippen LogP contribution >= 0.6 is 0 Å². The fraction of sp³-hybridized carbons (Fsp3) is 0.381. The van der Waals surface area contributed by atoms with Gasteiger partial charge in [-0.05, 0) is 61.2 Å². The number of benzene rings is 2. The van der Waals surface area contributed by atoms with Crippen LogP contribution in [0.2, 0.25) is 0 Å². The molecule has 2 aromatic carbocycles. The zero-order valence-corrected chi connectivity index (χ0v) is 16.5. The number of hydrogen-bond acceptors (Lipinski definition) is 3. The van der Waals surface area contributed by atoms with Crippen molar-refractivity contribution >= 4 is 5.96 Å². The maximum atomic E-state index is 13.7. The lowest BCUT2D eigenvalue weighted by atomic mass is 10.1. The molecule has 5 nitrogen and oxygen atoms in total. The van der Waals surface area contributed by atoms with E-state index in [0.717, 1.165) is 24.1 Å². The quantitative estimate of drug-likeness (QED) is 0.509. The maximum absolute atomic E-state index is 13.7. The van der Waals surface area contributed by atoms with Crippen LogP contribution in [0.1, 0.15) is 18.1 Å². The van der Waals surface area contributed by atoms with Crippen molar-refractivity contribution in [2.24, 2.45) is 4.99 Å². The van der Waals surface area contributed by atoms with Crippen LogP contribution in [0.3, 0.4) is 0 Å². The van der Waals surface area contributed by atoms with Crippen molar-refractivity contribution in [3.05, 3.63) is 59.2 Å². The Morgan fingerprint density at radius 2 is 1.75 bits per heavy atom. The van der Waals surface area contributed by atoms with Crippen LogP contribution in [-0.2, 0) is 12.8 Å². The van der Waals surface area contributed by atoms with E-state index < -0.39 is 11.6 Å². The predicted octanol–water partition coefficient (Wildman–Crippen LogP) is 3.32. The van der Waals surface area contributed by atoms with Crippen molar-refractivity contribution in [3.63, 3.8) is 0 Å². The van der Waals surface area contributed by atoms with Crippen LogP contribution in [0, 0.1) is 11.6 Å². The van der Waals surface area contributed by atoms with E-state index in [0.29, 0.717) is 49.1 Å². The van der Waals surface area contributed by atoms with Crippen LogP contribution in [-0.4, -0.2) is 39.8 Å². The smallest absolute Gasteiger partial charge is 0.191 e. The third-order valence-corrected chi connectivity index (χ3v) is 4.16. The van der Waals surface area contributed by atoms with Crippen molar-refractivity contribution in [2.45, 2.75) is 19.8 Å². The molecule has 0 fully saturated rings. The van der Waals surface area contributed by atoms with Crippen LogP contribution in [0.5, 0.6) is 11.5 Å². The third kappa shape index (κ3) is 6.40. The summed E-state index contributed by atoms with van der Waals surface area (Å²) in [4.78, 5) is 4.43. The van der Waals surface area contributed by atoms with Crippen molar-refractivity contribution in [1.82, 2.24) is 10.6 Å². The standard InChI is InChI=1S/C21H27F2N3O2/c1-4-24-21(26-12-10-16-14-17(22)6-7-18(16)23)25-11-9-15-5-8-19(27-2)20(13-15)28-3/h5-8,13-14H,4,9-12H2,1-3H3,(H2,24,25,26). The molecule has 0 radical (unpaired) electrons. The Kier molecular flexibility index (Phi) is 8.52. The van der Waals surface area contributed by atoms with Gasteiger partial charge < -0.3 is 20.1 Å². The van der Waals surface area contributed by atoms with E-state index in [1.165, 1.54) is 6.07 Å². The van der Waals surface area contributed by atoms with Gasteiger partial charge in [0.1, 0.15) is 11.6 Å². The Bertz CT molecular complexity index is 797. The first-order valence-corrected chi connectivity index (χ1v) is 9.24. The Labute approximate surface area is 164 Å². The van der Waals surface area contributed by atoms with E-state index in [4.69, 9.17) is 9.47 Å². The van der Waals surface area contributed by atoms with Gasteiger partial charge in [-0.15, -0.1) is 0 Å². The number of hydrogen-bond donors (Lipinski definition) is 2. The topological polar surface area (TPSA) is 54.9 Å². The van der Waals surface area contributed by atoms with Gasteiger partial charge in [0.2, 0.25) is 0 Å². The lowest BCUT2D eigenvalue weighted by molar-refractivity contribution is 0.354. The molecule has 0 atom stereocenters. The highest BCUT2D eigenvalue weighted by molar-refractivity contribution is 5.79. The Balaban J connectivity index is 1.90. The van der Waals surface area contributed by atoms with Gasteiger partial charge in [0.05, 0.1) is 14.2 Å². The zero-order chi connectivity index (χ0) is 20.4. The van der Waals surface area contributed by atoms with Gasteiger partial charge in [-0.25, -0.2) is 8.78 Å². The molecule has 0 aliphatic rings. The molecule has 0 saturated carbocycles. The maximum Gasteiger partial charge on any atom is 0.191 e. The Morgan fingerprint density at radius 3 is 2.46 bits per heavy atom. The average Bonchev–Trinajstić information content (AvgIpc) is 2.70. The molecule has 2 rings (SSSR count). The summed E-state index contributed by atoms with van der Waals surface area (Å²) >= 11 is 0. The molecule has 0 aliphatic carbocycles. The van der Waals surface area contributed by atoms with Crippen molar-refractivity contribution < 1.29 is 18.3 Å². The molecule has 28 heavy (non-hydrogen) atoms. The molecule has 2 aromatic rings. The fourth-order valence-electron chi connectivity index (χ4n) is 2.73. The van der Waals surface area contributed by atoms with Crippen LogP contribution in [0.25, 0.3) is 0 Å².